The van der Waals surface area contributed by atoms with Gasteiger partial charge in [0.1, 0.15) is 0 Å². The van der Waals surface area contributed by atoms with Gasteiger partial charge in [-0.05, 0) is 110 Å². The smallest absolute Gasteiger partial charge is 0.0947 e. The molecule has 1 atom stereocenters. The predicted molar refractivity (Wildman–Crippen MR) is 171 cm³/mol. The highest BCUT2D eigenvalue weighted by molar-refractivity contribution is 6.31. The Morgan fingerprint density at radius 2 is 1.60 bits per heavy atom. The molecular formula is C33H40Cl2N4O. The Morgan fingerprint density at radius 3 is 2.23 bits per heavy atom. The summed E-state index contributed by atoms with van der Waals surface area (Å²) in [4.78, 5) is 6.22. The molecule has 0 bridgehead atoms. The number of nitrogens with zero attached hydrogens (tertiary/aromatic N) is 1. The topological polar surface area (TPSA) is 91.3 Å². The summed E-state index contributed by atoms with van der Waals surface area (Å²) in [6, 6.07) is 23.5. The average molecular weight is 580 g/mol. The van der Waals surface area contributed by atoms with Crippen molar-refractivity contribution in [3.63, 3.8) is 0 Å². The van der Waals surface area contributed by atoms with Crippen LogP contribution in [0.2, 0.25) is 10.0 Å². The molecule has 0 spiro atoms. The minimum absolute atomic E-state index is 0.0740. The first-order valence-corrected chi connectivity index (χ1v) is 14.6. The van der Waals surface area contributed by atoms with E-state index in [-0.39, 0.29) is 11.5 Å². The molecule has 40 heavy (non-hydrogen) atoms. The standard InChI is InChI=1S/C31H36Cl2N4.C2H4O/c1-31(15-17-34,16-18-35)14-12-21-2-4-22(5-3-21)30-29-26(27-20-24(33)8-11-28(27)36-29)13-19-37(30)25-9-6-23(32)7-10-25;1-2-3/h2-11,20,30,36H,12-19,34-35H2,1H3;2-3H,1H2. The third-order valence-corrected chi connectivity index (χ3v) is 8.54. The number of halogens is 2. The third kappa shape index (κ3) is 6.84. The molecule has 5 nitrogen and oxygen atoms in total. The molecule has 1 aliphatic rings. The van der Waals surface area contributed by atoms with Gasteiger partial charge in [0.15, 0.2) is 0 Å². The van der Waals surface area contributed by atoms with E-state index in [1.807, 2.05) is 18.2 Å². The van der Waals surface area contributed by atoms with Crippen molar-refractivity contribution in [2.75, 3.05) is 24.5 Å². The Hall–Kier alpha value is -2.96. The number of hydrogen-bond donors (Lipinski definition) is 4. The Balaban J connectivity index is 0.00000118. The summed E-state index contributed by atoms with van der Waals surface area (Å²) in [5.41, 5.74) is 19.5. The van der Waals surface area contributed by atoms with E-state index in [9.17, 15) is 0 Å². The van der Waals surface area contributed by atoms with Crippen molar-refractivity contribution in [2.45, 2.75) is 45.1 Å². The van der Waals surface area contributed by atoms with Gasteiger partial charge >= 0.3 is 0 Å². The maximum absolute atomic E-state index is 7.33. The summed E-state index contributed by atoms with van der Waals surface area (Å²) >= 11 is 12.6. The molecule has 0 amide bonds. The second-order valence-electron chi connectivity index (χ2n) is 10.8. The zero-order chi connectivity index (χ0) is 28.7. The van der Waals surface area contributed by atoms with Gasteiger partial charge in [0.05, 0.1) is 12.3 Å². The Kier molecular flexibility index (Phi) is 10.2. The minimum Gasteiger partial charge on any atom is -0.516 e. The molecule has 1 aromatic heterocycles. The van der Waals surface area contributed by atoms with Crippen molar-refractivity contribution in [3.8, 4) is 0 Å². The third-order valence-electron chi connectivity index (χ3n) is 8.06. The van der Waals surface area contributed by atoms with Crippen LogP contribution in [0.3, 0.4) is 0 Å². The van der Waals surface area contributed by atoms with E-state index in [0.717, 1.165) is 60.5 Å². The number of anilines is 1. The van der Waals surface area contributed by atoms with Crippen molar-refractivity contribution >= 4 is 39.8 Å². The molecule has 6 N–H and O–H groups in total. The summed E-state index contributed by atoms with van der Waals surface area (Å²) in [5.74, 6) is 0. The van der Waals surface area contributed by atoms with Crippen LogP contribution in [0.4, 0.5) is 5.69 Å². The summed E-state index contributed by atoms with van der Waals surface area (Å²) in [7, 11) is 0. The predicted octanol–water partition coefficient (Wildman–Crippen LogP) is 7.95. The van der Waals surface area contributed by atoms with Crippen LogP contribution in [0, 0.1) is 5.41 Å². The average Bonchev–Trinajstić information content (AvgIpc) is 3.31. The minimum atomic E-state index is 0.0740. The number of aromatic nitrogens is 1. The van der Waals surface area contributed by atoms with Gasteiger partial charge in [-0.15, -0.1) is 0 Å². The fourth-order valence-corrected chi connectivity index (χ4v) is 6.20. The zero-order valence-electron chi connectivity index (χ0n) is 23.2. The Labute approximate surface area is 247 Å². The van der Waals surface area contributed by atoms with Gasteiger partial charge in [0.2, 0.25) is 0 Å². The van der Waals surface area contributed by atoms with Gasteiger partial charge in [-0.1, -0.05) is 61.0 Å². The highest BCUT2D eigenvalue weighted by atomic mass is 35.5. The van der Waals surface area contributed by atoms with Gasteiger partial charge in [-0.2, -0.15) is 0 Å². The number of H-pyrrole nitrogens is 1. The van der Waals surface area contributed by atoms with E-state index in [2.05, 4.69) is 71.9 Å². The molecule has 1 aliphatic heterocycles. The van der Waals surface area contributed by atoms with Crippen molar-refractivity contribution in [2.24, 2.45) is 16.9 Å². The summed E-state index contributed by atoms with van der Waals surface area (Å²) in [6.45, 7) is 7.55. The van der Waals surface area contributed by atoms with Gasteiger partial charge < -0.3 is 26.5 Å². The van der Waals surface area contributed by atoms with E-state index in [1.54, 1.807) is 0 Å². The number of rotatable bonds is 9. The van der Waals surface area contributed by atoms with Crippen molar-refractivity contribution in [1.82, 2.24) is 4.98 Å². The number of benzene rings is 3. The van der Waals surface area contributed by atoms with Crippen molar-refractivity contribution in [3.05, 3.63) is 112 Å². The lowest BCUT2D eigenvalue weighted by Crippen LogP contribution is -2.36. The number of aliphatic hydroxyl groups excluding tert-OH is 1. The number of aryl methyl sites for hydroxylation is 1. The van der Waals surface area contributed by atoms with Crippen LogP contribution in [-0.4, -0.2) is 29.7 Å². The molecule has 4 aromatic rings. The van der Waals surface area contributed by atoms with E-state index >= 15 is 0 Å². The molecule has 7 heteroatoms. The van der Waals surface area contributed by atoms with E-state index in [0.29, 0.717) is 13.1 Å². The first-order valence-electron chi connectivity index (χ1n) is 13.9. The van der Waals surface area contributed by atoms with Gasteiger partial charge in [-0.3, -0.25) is 0 Å². The lowest BCUT2D eigenvalue weighted by Gasteiger charge is -2.38. The first-order chi connectivity index (χ1) is 19.3. The van der Waals surface area contributed by atoms with Crippen LogP contribution in [0.25, 0.3) is 10.9 Å². The largest absolute Gasteiger partial charge is 0.516 e. The van der Waals surface area contributed by atoms with E-state index in [1.165, 1.54) is 33.5 Å². The van der Waals surface area contributed by atoms with Gasteiger partial charge in [0.25, 0.3) is 0 Å². The lowest BCUT2D eigenvalue weighted by molar-refractivity contribution is 0.259. The molecule has 5 rings (SSSR count). The van der Waals surface area contributed by atoms with Crippen molar-refractivity contribution < 1.29 is 5.11 Å². The number of aromatic amines is 1. The van der Waals surface area contributed by atoms with E-state index in [4.69, 9.17) is 39.8 Å². The molecule has 212 valence electrons. The van der Waals surface area contributed by atoms with Crippen LogP contribution in [0.15, 0.2) is 79.6 Å². The fraction of sp³-hybridized carbons (Fsp3) is 0.333. The van der Waals surface area contributed by atoms with Gasteiger partial charge in [0, 0.05) is 38.9 Å². The second kappa shape index (κ2) is 13.6. The molecule has 3 aromatic carbocycles. The van der Waals surface area contributed by atoms with Crippen molar-refractivity contribution in [1.29, 1.82) is 0 Å². The zero-order valence-corrected chi connectivity index (χ0v) is 24.7. The lowest BCUT2D eigenvalue weighted by atomic mass is 9.78. The quantitative estimate of drug-likeness (QED) is 0.152. The fourth-order valence-electron chi connectivity index (χ4n) is 5.90. The number of hydrogen-bond acceptors (Lipinski definition) is 4. The molecule has 0 fully saturated rings. The number of nitrogens with two attached hydrogens (primary N) is 2. The normalized spacial score (nSPS) is 14.9. The van der Waals surface area contributed by atoms with Crippen LogP contribution < -0.4 is 16.4 Å². The van der Waals surface area contributed by atoms with Crippen LogP contribution in [0.5, 0.6) is 0 Å². The molecular weight excluding hydrogens is 539 g/mol. The first kappa shape index (κ1) is 30.0. The highest BCUT2D eigenvalue weighted by Crippen LogP contribution is 2.41. The van der Waals surface area contributed by atoms with Crippen LogP contribution in [-0.2, 0) is 12.8 Å². The Morgan fingerprint density at radius 1 is 0.975 bits per heavy atom. The SMILES string of the molecule is C=CO.CC(CCN)(CCN)CCc1ccc(C2c3[nH]c4ccc(Cl)cc4c3CCN2c2ccc(Cl)cc2)cc1. The highest BCUT2D eigenvalue weighted by Gasteiger charge is 2.32. The van der Waals surface area contributed by atoms with Crippen LogP contribution in [0.1, 0.15) is 54.6 Å². The molecule has 0 saturated carbocycles. The Bertz CT molecular complexity index is 1390. The van der Waals surface area contributed by atoms with Crippen LogP contribution >= 0.6 is 23.2 Å². The summed E-state index contributed by atoms with van der Waals surface area (Å²) in [5, 5.41) is 10.1. The summed E-state index contributed by atoms with van der Waals surface area (Å²) in [6.07, 6.45) is 5.83. The number of nitrogens with one attached hydrogen (secondary N) is 1. The maximum atomic E-state index is 7.33. The monoisotopic (exact) mass is 578 g/mol. The second-order valence-corrected chi connectivity index (χ2v) is 11.7. The van der Waals surface area contributed by atoms with E-state index < -0.39 is 0 Å². The number of aliphatic hydroxyl groups is 1. The molecule has 0 saturated heterocycles. The van der Waals surface area contributed by atoms with Gasteiger partial charge in [-0.25, -0.2) is 0 Å². The molecule has 1 unspecified atom stereocenters. The molecule has 2 heterocycles. The summed E-state index contributed by atoms with van der Waals surface area (Å²) < 4.78 is 0. The number of fused-ring (bicyclic) bond motifs is 3. The maximum Gasteiger partial charge on any atom is 0.0947 e. The molecule has 0 radical (unpaired) electrons. The molecule has 0 aliphatic carbocycles.